The monoisotopic (exact) mass is 591 g/mol. The first kappa shape index (κ1) is 32.0. The quantitative estimate of drug-likeness (QED) is 0.151. The molecule has 0 saturated carbocycles. The summed E-state index contributed by atoms with van der Waals surface area (Å²) >= 11 is 0. The summed E-state index contributed by atoms with van der Waals surface area (Å²) in [6, 6.07) is 15.4. The van der Waals surface area contributed by atoms with E-state index in [1.165, 1.54) is 24.8 Å². The van der Waals surface area contributed by atoms with Crippen LogP contribution in [0.5, 0.6) is 11.5 Å². The minimum Gasteiger partial charge on any atom is -0.493 e. The van der Waals surface area contributed by atoms with Gasteiger partial charge in [-0.1, -0.05) is 51.0 Å². The molecule has 41 heavy (non-hydrogen) atoms. The number of carbonyl (C=O) groups excluding carboxylic acids is 1. The summed E-state index contributed by atoms with van der Waals surface area (Å²) in [6.45, 7) is 6.19. The number of methoxy groups -OCH3 is 1. The van der Waals surface area contributed by atoms with Gasteiger partial charge in [0.15, 0.2) is 11.5 Å². The lowest BCUT2D eigenvalue weighted by atomic mass is 10.0. The third-order valence-corrected chi connectivity index (χ3v) is 8.11. The summed E-state index contributed by atoms with van der Waals surface area (Å²) in [5.74, 6) is -0.297. The van der Waals surface area contributed by atoms with E-state index in [9.17, 15) is 26.4 Å². The molecule has 0 fully saturated rings. The van der Waals surface area contributed by atoms with E-state index in [0.29, 0.717) is 23.6 Å². The van der Waals surface area contributed by atoms with Gasteiger partial charge in [-0.2, -0.15) is 21.6 Å². The van der Waals surface area contributed by atoms with Gasteiger partial charge in [0.2, 0.25) is 0 Å². The Morgan fingerprint density at radius 3 is 2.22 bits per heavy atom. The smallest absolute Gasteiger partial charge is 0.416 e. The van der Waals surface area contributed by atoms with Crippen molar-refractivity contribution in [2.24, 2.45) is 0 Å². The first-order valence-electron chi connectivity index (χ1n) is 13.6. The van der Waals surface area contributed by atoms with Crippen LogP contribution in [0, 0.1) is 0 Å². The fourth-order valence-electron chi connectivity index (χ4n) is 4.28. The van der Waals surface area contributed by atoms with E-state index in [2.05, 4.69) is 6.92 Å². The number of carbonyl (C=O) groups is 1. The van der Waals surface area contributed by atoms with Gasteiger partial charge in [0.05, 0.1) is 12.7 Å². The zero-order valence-electron chi connectivity index (χ0n) is 23.7. The lowest BCUT2D eigenvalue weighted by molar-refractivity contribution is -0.137. The van der Waals surface area contributed by atoms with Crippen LogP contribution in [0.3, 0.4) is 0 Å². The van der Waals surface area contributed by atoms with Gasteiger partial charge in [0, 0.05) is 18.2 Å². The van der Waals surface area contributed by atoms with E-state index in [-0.39, 0.29) is 30.0 Å². The molecule has 1 amide bonds. The summed E-state index contributed by atoms with van der Waals surface area (Å²) in [6.07, 6.45) is 0.297. The summed E-state index contributed by atoms with van der Waals surface area (Å²) in [5.41, 5.74) is 1.16. The Labute approximate surface area is 240 Å². The fraction of sp³-hybridized carbons (Fsp3) is 0.387. The van der Waals surface area contributed by atoms with Crippen LogP contribution in [-0.2, 0) is 29.3 Å². The molecule has 0 aliphatic rings. The molecule has 10 heteroatoms. The minimum absolute atomic E-state index is 0.0735. The molecule has 0 bridgehead atoms. The van der Waals surface area contributed by atoms with Crippen LogP contribution in [0.2, 0.25) is 0 Å². The van der Waals surface area contributed by atoms with Crippen LogP contribution in [0.25, 0.3) is 0 Å². The Morgan fingerprint density at radius 1 is 0.927 bits per heavy atom. The van der Waals surface area contributed by atoms with Crippen molar-refractivity contribution in [1.29, 1.82) is 0 Å². The molecule has 0 aliphatic carbocycles. The van der Waals surface area contributed by atoms with E-state index in [4.69, 9.17) is 8.92 Å². The standard InChI is InChI=1S/C31H36F3NO5S/c1-5-7-8-10-23-13-16-25(17-14-23)30(36)35(22(3)6-2)21-24-15-18-28(39-4)29(19-24)40-41(37,38)27-12-9-11-26(20-27)31(32,33)34/h9,11-20,22H,5-8,10,21H2,1-4H3. The highest BCUT2D eigenvalue weighted by Crippen LogP contribution is 2.34. The Hall–Kier alpha value is -3.53. The molecule has 1 atom stereocenters. The molecule has 0 N–H and O–H groups in total. The molecule has 3 aromatic carbocycles. The van der Waals surface area contributed by atoms with Crippen molar-refractivity contribution >= 4 is 16.0 Å². The van der Waals surface area contributed by atoms with E-state index >= 15 is 0 Å². The average Bonchev–Trinajstić information content (AvgIpc) is 2.95. The molecule has 0 aromatic heterocycles. The van der Waals surface area contributed by atoms with Crippen molar-refractivity contribution in [2.75, 3.05) is 7.11 Å². The Morgan fingerprint density at radius 2 is 1.61 bits per heavy atom. The lowest BCUT2D eigenvalue weighted by Gasteiger charge is -2.29. The maximum atomic E-state index is 13.5. The van der Waals surface area contributed by atoms with Gasteiger partial charge in [-0.15, -0.1) is 0 Å². The highest BCUT2D eigenvalue weighted by molar-refractivity contribution is 7.87. The molecule has 1 unspecified atom stereocenters. The van der Waals surface area contributed by atoms with Gasteiger partial charge >= 0.3 is 16.3 Å². The molecule has 0 saturated heterocycles. The van der Waals surface area contributed by atoms with Gasteiger partial charge in [0.1, 0.15) is 4.90 Å². The van der Waals surface area contributed by atoms with Crippen molar-refractivity contribution in [3.05, 3.63) is 89.0 Å². The predicted octanol–water partition coefficient (Wildman–Crippen LogP) is 7.66. The lowest BCUT2D eigenvalue weighted by Crippen LogP contribution is -2.37. The number of alkyl halides is 3. The molecular formula is C31H36F3NO5S. The molecule has 0 spiro atoms. The second-order valence-electron chi connectivity index (χ2n) is 9.89. The van der Waals surface area contributed by atoms with Crippen molar-refractivity contribution < 1.29 is 35.3 Å². The van der Waals surface area contributed by atoms with E-state index < -0.39 is 26.8 Å². The molecule has 0 heterocycles. The maximum absolute atomic E-state index is 13.5. The van der Waals surface area contributed by atoms with Crippen LogP contribution < -0.4 is 8.92 Å². The first-order chi connectivity index (χ1) is 19.4. The number of hydrogen-bond donors (Lipinski definition) is 0. The molecule has 6 nitrogen and oxygen atoms in total. The van der Waals surface area contributed by atoms with Crippen LogP contribution in [0.4, 0.5) is 13.2 Å². The molecule has 0 aliphatic heterocycles. The summed E-state index contributed by atoms with van der Waals surface area (Å²) in [7, 11) is -3.31. The van der Waals surface area contributed by atoms with Gasteiger partial charge in [0.25, 0.3) is 5.91 Å². The maximum Gasteiger partial charge on any atom is 0.416 e. The van der Waals surface area contributed by atoms with Crippen LogP contribution in [-0.4, -0.2) is 32.4 Å². The van der Waals surface area contributed by atoms with Crippen LogP contribution >= 0.6 is 0 Å². The van der Waals surface area contributed by atoms with Crippen molar-refractivity contribution in [1.82, 2.24) is 4.90 Å². The number of rotatable bonds is 13. The number of ether oxygens (including phenoxy) is 1. The van der Waals surface area contributed by atoms with Gasteiger partial charge in [-0.3, -0.25) is 4.79 Å². The van der Waals surface area contributed by atoms with Gasteiger partial charge in [-0.05, 0) is 79.8 Å². The summed E-state index contributed by atoms with van der Waals surface area (Å²) in [4.78, 5) is 14.6. The molecular weight excluding hydrogens is 555 g/mol. The number of aryl methyl sites for hydroxylation is 1. The number of nitrogens with zero attached hydrogens (tertiary/aromatic N) is 1. The van der Waals surface area contributed by atoms with Crippen molar-refractivity contribution in [3.8, 4) is 11.5 Å². The van der Waals surface area contributed by atoms with Gasteiger partial charge < -0.3 is 13.8 Å². The Bertz CT molecular complexity index is 1420. The van der Waals surface area contributed by atoms with Crippen molar-refractivity contribution in [3.63, 3.8) is 0 Å². The highest BCUT2D eigenvalue weighted by atomic mass is 32.2. The predicted molar refractivity (Wildman–Crippen MR) is 152 cm³/mol. The van der Waals surface area contributed by atoms with E-state index in [1.807, 2.05) is 38.1 Å². The van der Waals surface area contributed by atoms with Crippen LogP contribution in [0.1, 0.15) is 73.5 Å². The third-order valence-electron chi connectivity index (χ3n) is 6.88. The Kier molecular flexibility index (Phi) is 10.8. The van der Waals surface area contributed by atoms with Crippen LogP contribution in [0.15, 0.2) is 71.6 Å². The Balaban J connectivity index is 1.87. The molecule has 3 rings (SSSR count). The second kappa shape index (κ2) is 13.9. The second-order valence-corrected chi connectivity index (χ2v) is 11.4. The number of amides is 1. The zero-order chi connectivity index (χ0) is 30.2. The first-order valence-corrected chi connectivity index (χ1v) is 15.0. The highest BCUT2D eigenvalue weighted by Gasteiger charge is 2.32. The summed E-state index contributed by atoms with van der Waals surface area (Å²) in [5, 5.41) is 0. The normalized spacial score (nSPS) is 12.6. The molecule has 3 aromatic rings. The van der Waals surface area contributed by atoms with Gasteiger partial charge in [-0.25, -0.2) is 0 Å². The van der Waals surface area contributed by atoms with E-state index in [1.54, 1.807) is 11.0 Å². The number of halogens is 3. The average molecular weight is 592 g/mol. The molecule has 0 radical (unpaired) electrons. The summed E-state index contributed by atoms with van der Waals surface area (Å²) < 4.78 is 75.8. The third kappa shape index (κ3) is 8.48. The minimum atomic E-state index is -4.72. The number of hydrogen-bond acceptors (Lipinski definition) is 5. The number of benzene rings is 3. The molecule has 222 valence electrons. The zero-order valence-corrected chi connectivity index (χ0v) is 24.5. The largest absolute Gasteiger partial charge is 0.493 e. The topological polar surface area (TPSA) is 72.9 Å². The van der Waals surface area contributed by atoms with Crippen molar-refractivity contribution in [2.45, 2.75) is 76.5 Å². The SMILES string of the molecule is CCCCCc1ccc(C(=O)N(Cc2ccc(OC)c(OS(=O)(=O)c3cccc(C(F)(F)F)c3)c2)C(C)CC)cc1. The van der Waals surface area contributed by atoms with E-state index in [0.717, 1.165) is 43.9 Å². The fourth-order valence-corrected chi connectivity index (χ4v) is 5.26. The number of unbranched alkanes of at least 4 members (excludes halogenated alkanes) is 2.